The minimum Gasteiger partial charge on any atom is -0.384 e. The number of unbranched alkanes of at least 4 members (excludes halogenated alkanes) is 1. The number of hydrogen-bond acceptors (Lipinski definition) is 1. The normalized spacial score (nSPS) is 11.8. The smallest absolute Gasteiger partial charge is 0.0513 e. The van der Waals surface area contributed by atoms with Crippen LogP contribution in [0.15, 0.2) is 24.3 Å². The highest BCUT2D eigenvalue weighted by Crippen LogP contribution is 2.23. The van der Waals surface area contributed by atoms with Crippen molar-refractivity contribution in [1.29, 1.82) is 0 Å². The fraction of sp³-hybridized carbons (Fsp3) is 0.625. The lowest BCUT2D eigenvalue weighted by molar-refractivity contribution is 0.0963. The quantitative estimate of drug-likeness (QED) is 0.636. The second-order valence-electron chi connectivity index (χ2n) is 5.79. The van der Waals surface area contributed by atoms with Gasteiger partial charge in [0.15, 0.2) is 0 Å². The summed E-state index contributed by atoms with van der Waals surface area (Å²) in [6.07, 6.45) is 5.00. The van der Waals surface area contributed by atoms with E-state index in [4.69, 9.17) is 4.74 Å². The lowest BCUT2D eigenvalue weighted by Crippen LogP contribution is -2.18. The average molecular weight is 234 g/mol. The number of methoxy groups -OCH3 is 1. The van der Waals surface area contributed by atoms with Crippen LogP contribution in [0.5, 0.6) is 0 Å². The van der Waals surface area contributed by atoms with Crippen molar-refractivity contribution in [3.8, 4) is 0 Å². The Hall–Kier alpha value is -0.820. The third kappa shape index (κ3) is 5.88. The zero-order valence-corrected chi connectivity index (χ0v) is 11.8. The topological polar surface area (TPSA) is 9.23 Å². The minimum absolute atomic E-state index is 0.321. The van der Waals surface area contributed by atoms with E-state index >= 15 is 0 Å². The largest absolute Gasteiger partial charge is 0.384 e. The summed E-state index contributed by atoms with van der Waals surface area (Å²) in [7, 11) is 1.79. The zero-order valence-electron chi connectivity index (χ0n) is 11.8. The first-order valence-corrected chi connectivity index (χ1v) is 6.58. The van der Waals surface area contributed by atoms with Gasteiger partial charge in [0.2, 0.25) is 0 Å². The van der Waals surface area contributed by atoms with E-state index in [1.807, 2.05) is 0 Å². The molecule has 0 aliphatic heterocycles. The van der Waals surface area contributed by atoms with Crippen molar-refractivity contribution in [2.45, 2.75) is 46.5 Å². The fourth-order valence-electron chi connectivity index (χ4n) is 2.26. The predicted octanol–water partition coefficient (Wildman–Crippen LogP) is 4.38. The molecule has 1 aromatic rings. The molecule has 0 aliphatic carbocycles. The number of rotatable bonds is 7. The molecule has 0 saturated carbocycles. The van der Waals surface area contributed by atoms with Crippen LogP contribution in [0.4, 0.5) is 0 Å². The lowest BCUT2D eigenvalue weighted by Gasteiger charge is -2.23. The van der Waals surface area contributed by atoms with E-state index in [2.05, 4.69) is 45.0 Å². The van der Waals surface area contributed by atoms with E-state index in [9.17, 15) is 0 Å². The summed E-state index contributed by atoms with van der Waals surface area (Å²) in [4.78, 5) is 0. The molecule has 1 aromatic carbocycles. The summed E-state index contributed by atoms with van der Waals surface area (Å²) in [5.41, 5.74) is 3.15. The Morgan fingerprint density at radius 3 is 2.59 bits per heavy atom. The SMILES string of the molecule is COCC(C)(C)CCCCc1cccc(C)c1. The first-order chi connectivity index (χ1) is 8.03. The molecule has 0 unspecified atom stereocenters. The molecule has 1 rings (SSSR count). The Bertz CT molecular complexity index is 328. The van der Waals surface area contributed by atoms with Crippen LogP contribution in [0.1, 0.15) is 44.2 Å². The highest BCUT2D eigenvalue weighted by atomic mass is 16.5. The molecule has 0 fully saturated rings. The maximum absolute atomic E-state index is 5.24. The summed E-state index contributed by atoms with van der Waals surface area (Å²) >= 11 is 0. The molecule has 0 spiro atoms. The van der Waals surface area contributed by atoms with E-state index in [0.717, 1.165) is 6.61 Å². The van der Waals surface area contributed by atoms with Crippen molar-refractivity contribution >= 4 is 0 Å². The molecule has 0 atom stereocenters. The van der Waals surface area contributed by atoms with Gasteiger partial charge in [-0.1, -0.05) is 50.1 Å². The fourth-order valence-corrected chi connectivity index (χ4v) is 2.26. The van der Waals surface area contributed by atoms with Crippen molar-refractivity contribution < 1.29 is 4.74 Å². The third-order valence-electron chi connectivity index (χ3n) is 3.19. The number of benzene rings is 1. The zero-order chi connectivity index (χ0) is 12.7. The molecule has 0 aromatic heterocycles. The van der Waals surface area contributed by atoms with Crippen LogP contribution in [0, 0.1) is 12.3 Å². The van der Waals surface area contributed by atoms with Gasteiger partial charge in [-0.25, -0.2) is 0 Å². The van der Waals surface area contributed by atoms with Crippen molar-refractivity contribution in [2.75, 3.05) is 13.7 Å². The first kappa shape index (κ1) is 14.2. The number of ether oxygens (including phenoxy) is 1. The molecule has 1 heteroatoms. The summed E-state index contributed by atoms with van der Waals surface area (Å²) in [5, 5.41) is 0. The molecule has 96 valence electrons. The van der Waals surface area contributed by atoms with Gasteiger partial charge in [0.1, 0.15) is 0 Å². The van der Waals surface area contributed by atoms with Crippen LogP contribution >= 0.6 is 0 Å². The molecular weight excluding hydrogens is 208 g/mol. The maximum atomic E-state index is 5.24. The van der Waals surface area contributed by atoms with E-state index in [1.54, 1.807) is 7.11 Å². The van der Waals surface area contributed by atoms with E-state index < -0.39 is 0 Å². The van der Waals surface area contributed by atoms with Crippen LogP contribution in [0.25, 0.3) is 0 Å². The summed E-state index contributed by atoms with van der Waals surface area (Å²) < 4.78 is 5.24. The van der Waals surface area contributed by atoms with Crippen molar-refractivity contribution in [2.24, 2.45) is 5.41 Å². The summed E-state index contributed by atoms with van der Waals surface area (Å²) in [6, 6.07) is 8.83. The molecular formula is C16H26O. The Balaban J connectivity index is 2.24. The van der Waals surface area contributed by atoms with Gasteiger partial charge in [-0.3, -0.25) is 0 Å². The van der Waals surface area contributed by atoms with Gasteiger partial charge >= 0.3 is 0 Å². The van der Waals surface area contributed by atoms with Crippen molar-refractivity contribution in [3.63, 3.8) is 0 Å². The second-order valence-corrected chi connectivity index (χ2v) is 5.79. The predicted molar refractivity (Wildman–Crippen MR) is 74.4 cm³/mol. The standard InChI is InChI=1S/C16H26O/c1-14-8-7-10-15(12-14)9-5-6-11-16(2,3)13-17-4/h7-8,10,12H,5-6,9,11,13H2,1-4H3. The molecule has 1 nitrogen and oxygen atoms in total. The molecule has 17 heavy (non-hydrogen) atoms. The van der Waals surface area contributed by atoms with Gasteiger partial charge in [-0.15, -0.1) is 0 Å². The van der Waals surface area contributed by atoms with Crippen LogP contribution in [-0.2, 0) is 11.2 Å². The average Bonchev–Trinajstić information content (AvgIpc) is 2.24. The number of aryl methyl sites for hydroxylation is 2. The van der Waals surface area contributed by atoms with Gasteiger partial charge in [0.25, 0.3) is 0 Å². The molecule has 0 N–H and O–H groups in total. The van der Waals surface area contributed by atoms with Gasteiger partial charge in [-0.05, 0) is 37.2 Å². The van der Waals surface area contributed by atoms with Gasteiger partial charge in [0, 0.05) is 7.11 Å². The second kappa shape index (κ2) is 6.80. The number of hydrogen-bond donors (Lipinski definition) is 0. The van der Waals surface area contributed by atoms with Crippen LogP contribution in [0.2, 0.25) is 0 Å². The van der Waals surface area contributed by atoms with Crippen LogP contribution in [-0.4, -0.2) is 13.7 Å². The minimum atomic E-state index is 0.321. The molecule has 0 saturated heterocycles. The maximum Gasteiger partial charge on any atom is 0.0513 e. The Morgan fingerprint density at radius 1 is 1.18 bits per heavy atom. The molecule has 0 bridgehead atoms. The Kier molecular flexibility index (Phi) is 5.70. The highest BCUT2D eigenvalue weighted by molar-refractivity contribution is 5.22. The van der Waals surface area contributed by atoms with Crippen molar-refractivity contribution in [3.05, 3.63) is 35.4 Å². The summed E-state index contributed by atoms with van der Waals surface area (Å²) in [5.74, 6) is 0. The van der Waals surface area contributed by atoms with Gasteiger partial charge < -0.3 is 4.74 Å². The van der Waals surface area contributed by atoms with E-state index in [-0.39, 0.29) is 0 Å². The van der Waals surface area contributed by atoms with Gasteiger partial charge in [-0.2, -0.15) is 0 Å². The van der Waals surface area contributed by atoms with Gasteiger partial charge in [0.05, 0.1) is 6.61 Å². The molecule has 0 radical (unpaired) electrons. The van der Waals surface area contributed by atoms with Crippen LogP contribution in [0.3, 0.4) is 0 Å². The third-order valence-corrected chi connectivity index (χ3v) is 3.19. The highest BCUT2D eigenvalue weighted by Gasteiger charge is 2.16. The lowest BCUT2D eigenvalue weighted by atomic mass is 9.87. The summed E-state index contributed by atoms with van der Waals surface area (Å²) in [6.45, 7) is 7.58. The Labute approximate surface area is 106 Å². The van der Waals surface area contributed by atoms with E-state index in [1.165, 1.54) is 36.8 Å². The molecule has 0 amide bonds. The monoisotopic (exact) mass is 234 g/mol. The molecule has 0 heterocycles. The Morgan fingerprint density at radius 2 is 1.94 bits per heavy atom. The first-order valence-electron chi connectivity index (χ1n) is 6.58. The molecule has 0 aliphatic rings. The van der Waals surface area contributed by atoms with Crippen LogP contribution < -0.4 is 0 Å². The van der Waals surface area contributed by atoms with E-state index in [0.29, 0.717) is 5.41 Å². The van der Waals surface area contributed by atoms with Crippen molar-refractivity contribution in [1.82, 2.24) is 0 Å².